The molecular weight excluding hydrogens is 358 g/mol. The Morgan fingerprint density at radius 2 is 1.68 bits per heavy atom. The van der Waals surface area contributed by atoms with Crippen molar-refractivity contribution in [3.8, 4) is 0 Å². The second-order valence-electron chi connectivity index (χ2n) is 7.26. The molecule has 1 atom stereocenters. The molecule has 2 aliphatic rings. The summed E-state index contributed by atoms with van der Waals surface area (Å²) in [5, 5.41) is 0. The van der Waals surface area contributed by atoms with Crippen LogP contribution >= 0.6 is 0 Å². The Labute approximate surface area is 163 Å². The highest BCUT2D eigenvalue weighted by molar-refractivity contribution is 5.92. The second-order valence-corrected chi connectivity index (χ2v) is 7.26. The lowest BCUT2D eigenvalue weighted by Crippen LogP contribution is -2.52. The Hall–Kier alpha value is -3.09. The summed E-state index contributed by atoms with van der Waals surface area (Å²) in [4.78, 5) is 42.8. The molecular formula is C21H23N3O4. The van der Waals surface area contributed by atoms with E-state index in [1.807, 2.05) is 30.3 Å². The van der Waals surface area contributed by atoms with E-state index in [1.54, 1.807) is 26.8 Å². The SMILES string of the molecule is O=C1C[C@H](C(=O)N2CCN(C(=O)c3ccco3)CC2)CN1Cc1ccccc1. The van der Waals surface area contributed by atoms with Gasteiger partial charge in [0.05, 0.1) is 12.2 Å². The zero-order chi connectivity index (χ0) is 19.5. The Kier molecular flexibility index (Phi) is 5.14. The quantitative estimate of drug-likeness (QED) is 0.807. The summed E-state index contributed by atoms with van der Waals surface area (Å²) < 4.78 is 5.16. The highest BCUT2D eigenvalue weighted by atomic mass is 16.3. The predicted molar refractivity (Wildman–Crippen MR) is 101 cm³/mol. The number of carbonyl (C=O) groups excluding carboxylic acids is 3. The molecule has 0 radical (unpaired) electrons. The Bertz CT molecular complexity index is 842. The number of amides is 3. The van der Waals surface area contributed by atoms with Crippen molar-refractivity contribution in [3.63, 3.8) is 0 Å². The van der Waals surface area contributed by atoms with Gasteiger partial charge in [0, 0.05) is 45.7 Å². The van der Waals surface area contributed by atoms with Crippen molar-refractivity contribution in [2.45, 2.75) is 13.0 Å². The van der Waals surface area contributed by atoms with Gasteiger partial charge in [-0.1, -0.05) is 30.3 Å². The molecule has 0 unspecified atom stereocenters. The monoisotopic (exact) mass is 381 g/mol. The van der Waals surface area contributed by atoms with Gasteiger partial charge in [0.15, 0.2) is 5.76 Å². The minimum Gasteiger partial charge on any atom is -0.459 e. The van der Waals surface area contributed by atoms with Crippen molar-refractivity contribution in [3.05, 3.63) is 60.1 Å². The van der Waals surface area contributed by atoms with Gasteiger partial charge in [0.2, 0.25) is 11.8 Å². The number of nitrogens with zero attached hydrogens (tertiary/aromatic N) is 3. The van der Waals surface area contributed by atoms with Crippen LogP contribution in [0.1, 0.15) is 22.5 Å². The molecule has 1 aromatic heterocycles. The molecule has 2 aromatic rings. The maximum absolute atomic E-state index is 12.9. The first-order valence-electron chi connectivity index (χ1n) is 9.55. The number of carbonyl (C=O) groups is 3. The van der Waals surface area contributed by atoms with E-state index >= 15 is 0 Å². The molecule has 0 bridgehead atoms. The molecule has 146 valence electrons. The van der Waals surface area contributed by atoms with Crippen LogP contribution < -0.4 is 0 Å². The first-order chi connectivity index (χ1) is 13.6. The molecule has 2 saturated heterocycles. The van der Waals surface area contributed by atoms with E-state index in [0.717, 1.165) is 5.56 Å². The van der Waals surface area contributed by atoms with Gasteiger partial charge < -0.3 is 19.1 Å². The van der Waals surface area contributed by atoms with Crippen LogP contribution in [-0.4, -0.2) is 65.1 Å². The summed E-state index contributed by atoms with van der Waals surface area (Å²) in [7, 11) is 0. The average molecular weight is 381 g/mol. The highest BCUT2D eigenvalue weighted by Crippen LogP contribution is 2.23. The van der Waals surface area contributed by atoms with Crippen molar-refractivity contribution >= 4 is 17.7 Å². The third-order valence-electron chi connectivity index (χ3n) is 5.39. The summed E-state index contributed by atoms with van der Waals surface area (Å²) in [5.41, 5.74) is 1.06. The van der Waals surface area contributed by atoms with E-state index in [0.29, 0.717) is 45.0 Å². The molecule has 0 spiro atoms. The van der Waals surface area contributed by atoms with E-state index in [2.05, 4.69) is 0 Å². The van der Waals surface area contributed by atoms with Crippen molar-refractivity contribution in [1.82, 2.24) is 14.7 Å². The molecule has 28 heavy (non-hydrogen) atoms. The fourth-order valence-electron chi connectivity index (χ4n) is 3.84. The molecule has 7 nitrogen and oxygen atoms in total. The molecule has 1 aromatic carbocycles. The van der Waals surface area contributed by atoms with Crippen molar-refractivity contribution in [2.75, 3.05) is 32.7 Å². The molecule has 0 aliphatic carbocycles. The Morgan fingerprint density at radius 1 is 0.964 bits per heavy atom. The van der Waals surface area contributed by atoms with Crippen LogP contribution in [0.4, 0.5) is 0 Å². The van der Waals surface area contributed by atoms with Gasteiger partial charge in [-0.05, 0) is 17.7 Å². The van der Waals surface area contributed by atoms with E-state index in [4.69, 9.17) is 4.42 Å². The number of hydrogen-bond donors (Lipinski definition) is 0. The fraction of sp³-hybridized carbons (Fsp3) is 0.381. The minimum absolute atomic E-state index is 0.00834. The number of benzene rings is 1. The van der Waals surface area contributed by atoms with Crippen LogP contribution in [0.25, 0.3) is 0 Å². The summed E-state index contributed by atoms with van der Waals surface area (Å²) in [6, 6.07) is 13.1. The number of rotatable bonds is 4. The van der Waals surface area contributed by atoms with Crippen molar-refractivity contribution in [1.29, 1.82) is 0 Å². The molecule has 7 heteroatoms. The first kappa shape index (κ1) is 18.3. The van der Waals surface area contributed by atoms with Gasteiger partial charge >= 0.3 is 0 Å². The number of piperazine rings is 1. The third-order valence-corrected chi connectivity index (χ3v) is 5.39. The van der Waals surface area contributed by atoms with E-state index in [9.17, 15) is 14.4 Å². The maximum atomic E-state index is 12.9. The molecule has 0 N–H and O–H groups in total. The Balaban J connectivity index is 1.31. The fourth-order valence-corrected chi connectivity index (χ4v) is 3.84. The summed E-state index contributed by atoms with van der Waals surface area (Å²) >= 11 is 0. The Morgan fingerprint density at radius 3 is 2.36 bits per heavy atom. The largest absolute Gasteiger partial charge is 0.459 e. The smallest absolute Gasteiger partial charge is 0.289 e. The molecule has 4 rings (SSSR count). The lowest BCUT2D eigenvalue weighted by Gasteiger charge is -2.35. The molecule has 3 amide bonds. The van der Waals surface area contributed by atoms with E-state index in [-0.39, 0.29) is 30.1 Å². The topological polar surface area (TPSA) is 74.1 Å². The molecule has 0 saturated carbocycles. The number of furan rings is 1. The maximum Gasteiger partial charge on any atom is 0.289 e. The van der Waals surface area contributed by atoms with Gasteiger partial charge in [-0.2, -0.15) is 0 Å². The zero-order valence-corrected chi connectivity index (χ0v) is 15.6. The normalized spacial score (nSPS) is 19.9. The summed E-state index contributed by atoms with van der Waals surface area (Å²) in [6.45, 7) is 2.90. The average Bonchev–Trinajstić information content (AvgIpc) is 3.38. The molecule has 3 heterocycles. The lowest BCUT2D eigenvalue weighted by atomic mass is 10.1. The van der Waals surface area contributed by atoms with E-state index in [1.165, 1.54) is 6.26 Å². The second kappa shape index (κ2) is 7.88. The zero-order valence-electron chi connectivity index (χ0n) is 15.6. The van der Waals surface area contributed by atoms with E-state index < -0.39 is 0 Å². The molecule has 2 fully saturated rings. The first-order valence-corrected chi connectivity index (χ1v) is 9.55. The highest BCUT2D eigenvalue weighted by Gasteiger charge is 2.37. The van der Waals surface area contributed by atoms with Gasteiger partial charge in [0.25, 0.3) is 5.91 Å². The van der Waals surface area contributed by atoms with Crippen molar-refractivity contribution in [2.24, 2.45) is 5.92 Å². The standard InChI is InChI=1S/C21H23N3O4/c25-19-13-17(15-24(19)14-16-5-2-1-3-6-16)20(26)22-8-10-23(11-9-22)21(27)18-7-4-12-28-18/h1-7,12,17H,8-11,13-15H2/t17-/m0/s1. The van der Waals surface area contributed by atoms with Gasteiger partial charge in [-0.25, -0.2) is 0 Å². The van der Waals surface area contributed by atoms with Crippen LogP contribution in [0.15, 0.2) is 53.1 Å². The molecule has 2 aliphatic heterocycles. The summed E-state index contributed by atoms with van der Waals surface area (Å²) in [6.07, 6.45) is 1.74. The van der Waals surface area contributed by atoms with Gasteiger partial charge in [0.1, 0.15) is 0 Å². The van der Waals surface area contributed by atoms with Crippen LogP contribution in [0.2, 0.25) is 0 Å². The van der Waals surface area contributed by atoms with Crippen LogP contribution in [0.5, 0.6) is 0 Å². The van der Waals surface area contributed by atoms with Crippen molar-refractivity contribution < 1.29 is 18.8 Å². The van der Waals surface area contributed by atoms with Crippen LogP contribution in [0.3, 0.4) is 0 Å². The van der Waals surface area contributed by atoms with Gasteiger partial charge in [-0.15, -0.1) is 0 Å². The summed E-state index contributed by atoms with van der Waals surface area (Å²) in [5.74, 6) is -0.105. The number of hydrogen-bond acceptors (Lipinski definition) is 4. The third kappa shape index (κ3) is 3.78. The van der Waals surface area contributed by atoms with Crippen LogP contribution in [-0.2, 0) is 16.1 Å². The lowest BCUT2D eigenvalue weighted by molar-refractivity contribution is -0.137. The predicted octanol–water partition coefficient (Wildman–Crippen LogP) is 1.61. The van der Waals surface area contributed by atoms with Crippen LogP contribution in [0, 0.1) is 5.92 Å². The van der Waals surface area contributed by atoms with Gasteiger partial charge in [-0.3, -0.25) is 14.4 Å². The minimum atomic E-state index is -0.302. The number of likely N-dealkylation sites (tertiary alicyclic amines) is 1.